The highest BCUT2D eigenvalue weighted by atomic mass is 32.2. The topological polar surface area (TPSA) is 120 Å². The third-order valence-electron chi connectivity index (χ3n) is 5.72. The zero-order valence-electron chi connectivity index (χ0n) is 18.7. The van der Waals surface area contributed by atoms with Gasteiger partial charge >= 0.3 is 5.97 Å². The largest absolute Gasteiger partial charge is 0.490 e. The number of rotatable bonds is 8. The lowest BCUT2D eigenvalue weighted by Crippen LogP contribution is -2.34. The van der Waals surface area contributed by atoms with Crippen LogP contribution >= 0.6 is 0 Å². The Morgan fingerprint density at radius 2 is 1.82 bits per heavy atom. The van der Waals surface area contributed by atoms with Gasteiger partial charge in [-0.1, -0.05) is 24.3 Å². The Morgan fingerprint density at radius 1 is 1.03 bits per heavy atom. The molecule has 0 bridgehead atoms. The number of hydrogen-bond acceptors (Lipinski definition) is 7. The number of ether oxygens (including phenoxy) is 3. The molecule has 0 spiro atoms. The summed E-state index contributed by atoms with van der Waals surface area (Å²) in [6.07, 6.45) is 3.30. The number of nitrogens with one attached hydrogen (secondary N) is 2. The van der Waals surface area contributed by atoms with Crippen molar-refractivity contribution in [2.75, 3.05) is 26.4 Å². The van der Waals surface area contributed by atoms with E-state index in [0.717, 1.165) is 24.8 Å². The number of benzene rings is 2. The minimum Gasteiger partial charge on any atom is -0.490 e. The van der Waals surface area contributed by atoms with E-state index in [0.29, 0.717) is 31.1 Å². The number of esters is 1. The Hall–Kier alpha value is -3.11. The van der Waals surface area contributed by atoms with Crippen LogP contribution in [0.15, 0.2) is 47.4 Å². The lowest BCUT2D eigenvalue weighted by Gasteiger charge is -2.26. The van der Waals surface area contributed by atoms with Gasteiger partial charge in [0.15, 0.2) is 18.1 Å². The van der Waals surface area contributed by atoms with E-state index in [-0.39, 0.29) is 29.8 Å². The van der Waals surface area contributed by atoms with Crippen molar-refractivity contribution in [1.82, 2.24) is 10.0 Å². The Labute approximate surface area is 198 Å². The fraction of sp³-hybridized carbons (Fsp3) is 0.417. The van der Waals surface area contributed by atoms with E-state index in [4.69, 9.17) is 14.2 Å². The minimum atomic E-state index is -3.85. The van der Waals surface area contributed by atoms with E-state index >= 15 is 0 Å². The Morgan fingerprint density at radius 3 is 2.68 bits per heavy atom. The van der Waals surface area contributed by atoms with E-state index in [1.807, 2.05) is 18.2 Å². The number of fused-ring (bicyclic) bond motifs is 2. The van der Waals surface area contributed by atoms with Crippen molar-refractivity contribution in [3.8, 4) is 11.5 Å². The maximum absolute atomic E-state index is 12.5. The molecule has 34 heavy (non-hydrogen) atoms. The Balaban J connectivity index is 1.21. The molecule has 0 saturated carbocycles. The average Bonchev–Trinajstić information content (AvgIpc) is 3.08. The first-order chi connectivity index (χ1) is 16.4. The smallest absolute Gasteiger partial charge is 0.307 e. The van der Waals surface area contributed by atoms with Crippen LogP contribution in [0.5, 0.6) is 11.5 Å². The number of sulfonamides is 1. The molecule has 1 unspecified atom stereocenters. The van der Waals surface area contributed by atoms with Crippen LogP contribution in [0.25, 0.3) is 0 Å². The molecule has 1 heterocycles. The molecule has 2 aromatic rings. The van der Waals surface area contributed by atoms with Crippen LogP contribution < -0.4 is 19.5 Å². The van der Waals surface area contributed by atoms with E-state index in [1.165, 1.54) is 17.7 Å². The molecule has 0 aromatic heterocycles. The summed E-state index contributed by atoms with van der Waals surface area (Å²) in [5.41, 5.74) is 2.31. The maximum atomic E-state index is 12.5. The van der Waals surface area contributed by atoms with Gasteiger partial charge in [-0.05, 0) is 42.5 Å². The SMILES string of the molecule is O=C(COC(=O)CCNS(=O)(=O)c1ccc2c(c1)OCCCO2)NC1CCCc2ccccc21. The third kappa shape index (κ3) is 6.06. The molecule has 0 radical (unpaired) electrons. The molecule has 9 nitrogen and oxygen atoms in total. The standard InChI is InChI=1S/C24H28N2O7S/c27-23(26-20-8-3-6-17-5-1-2-7-19(17)20)16-33-24(28)11-12-25-34(29,30)18-9-10-21-22(15-18)32-14-4-13-31-21/h1-2,5,7,9-10,15,20,25H,3-4,6,8,11-14,16H2,(H,26,27). The molecular weight excluding hydrogens is 460 g/mol. The van der Waals surface area contributed by atoms with Crippen LogP contribution in [-0.4, -0.2) is 46.7 Å². The fourth-order valence-electron chi connectivity index (χ4n) is 4.04. The van der Waals surface area contributed by atoms with Crippen LogP contribution in [0.4, 0.5) is 0 Å². The number of carbonyl (C=O) groups excluding carboxylic acids is 2. The van der Waals surface area contributed by atoms with Gasteiger partial charge in [0.05, 0.1) is 30.6 Å². The van der Waals surface area contributed by atoms with Crippen LogP contribution in [-0.2, 0) is 30.8 Å². The van der Waals surface area contributed by atoms with E-state index in [1.54, 1.807) is 6.07 Å². The van der Waals surface area contributed by atoms with Gasteiger partial charge in [0, 0.05) is 19.0 Å². The highest BCUT2D eigenvalue weighted by Gasteiger charge is 2.22. The summed E-state index contributed by atoms with van der Waals surface area (Å²) in [4.78, 5) is 24.3. The van der Waals surface area contributed by atoms with Gasteiger partial charge in [-0.2, -0.15) is 0 Å². The molecule has 2 aliphatic rings. The van der Waals surface area contributed by atoms with Crippen molar-refractivity contribution in [2.24, 2.45) is 0 Å². The van der Waals surface area contributed by atoms with Gasteiger partial charge in [-0.15, -0.1) is 0 Å². The van der Waals surface area contributed by atoms with Crippen LogP contribution in [0.3, 0.4) is 0 Å². The zero-order chi connectivity index (χ0) is 24.0. The number of carbonyl (C=O) groups is 2. The van der Waals surface area contributed by atoms with Gasteiger partial charge in [0.1, 0.15) is 0 Å². The first kappa shape index (κ1) is 24.0. The average molecular weight is 489 g/mol. The summed E-state index contributed by atoms with van der Waals surface area (Å²) in [7, 11) is -3.85. The molecule has 2 aromatic carbocycles. The molecule has 1 amide bonds. The highest BCUT2D eigenvalue weighted by molar-refractivity contribution is 7.89. The number of hydrogen-bond donors (Lipinski definition) is 2. The predicted octanol–water partition coefficient (Wildman–Crippen LogP) is 2.25. The molecule has 4 rings (SSSR count). The van der Waals surface area contributed by atoms with Crippen LogP contribution in [0, 0.1) is 0 Å². The Kier molecular flexibility index (Phi) is 7.69. The molecule has 2 N–H and O–H groups in total. The monoisotopic (exact) mass is 488 g/mol. The lowest BCUT2D eigenvalue weighted by atomic mass is 9.88. The highest BCUT2D eigenvalue weighted by Crippen LogP contribution is 2.32. The number of amides is 1. The second-order valence-electron chi connectivity index (χ2n) is 8.18. The summed E-state index contributed by atoms with van der Waals surface area (Å²) in [6.45, 7) is 0.377. The van der Waals surface area contributed by atoms with Crippen molar-refractivity contribution in [3.63, 3.8) is 0 Å². The molecule has 182 valence electrons. The van der Waals surface area contributed by atoms with Crippen molar-refractivity contribution in [3.05, 3.63) is 53.6 Å². The molecule has 0 fully saturated rings. The normalized spacial score (nSPS) is 17.2. The zero-order valence-corrected chi connectivity index (χ0v) is 19.6. The first-order valence-corrected chi connectivity index (χ1v) is 12.8. The van der Waals surface area contributed by atoms with Crippen LogP contribution in [0.2, 0.25) is 0 Å². The quantitative estimate of drug-likeness (QED) is 0.547. The molecule has 0 saturated heterocycles. The van der Waals surface area contributed by atoms with E-state index in [9.17, 15) is 18.0 Å². The van der Waals surface area contributed by atoms with Gasteiger partial charge in [-0.3, -0.25) is 9.59 Å². The summed E-state index contributed by atoms with van der Waals surface area (Å²) in [5.74, 6) is -0.190. The van der Waals surface area contributed by atoms with Gasteiger partial charge in [0.25, 0.3) is 5.91 Å². The van der Waals surface area contributed by atoms with Gasteiger partial charge in [0.2, 0.25) is 10.0 Å². The van der Waals surface area contributed by atoms with E-state index in [2.05, 4.69) is 16.1 Å². The molecule has 1 aliphatic carbocycles. The molecule has 1 atom stereocenters. The second kappa shape index (κ2) is 10.9. The first-order valence-electron chi connectivity index (χ1n) is 11.3. The fourth-order valence-corrected chi connectivity index (χ4v) is 5.09. The van der Waals surface area contributed by atoms with Crippen molar-refractivity contribution >= 4 is 21.9 Å². The lowest BCUT2D eigenvalue weighted by molar-refractivity contribution is -0.148. The van der Waals surface area contributed by atoms with Crippen molar-refractivity contribution < 1.29 is 32.2 Å². The predicted molar refractivity (Wildman–Crippen MR) is 123 cm³/mol. The number of aryl methyl sites for hydroxylation is 1. The van der Waals surface area contributed by atoms with Gasteiger partial charge in [-0.25, -0.2) is 13.1 Å². The maximum Gasteiger partial charge on any atom is 0.307 e. The van der Waals surface area contributed by atoms with Gasteiger partial charge < -0.3 is 19.5 Å². The summed E-state index contributed by atoms with van der Waals surface area (Å²) >= 11 is 0. The summed E-state index contributed by atoms with van der Waals surface area (Å²) in [5, 5.41) is 2.91. The third-order valence-corrected chi connectivity index (χ3v) is 7.18. The summed E-state index contributed by atoms with van der Waals surface area (Å²) in [6, 6.07) is 12.2. The van der Waals surface area contributed by atoms with Crippen LogP contribution in [0.1, 0.15) is 42.9 Å². The molecule has 1 aliphatic heterocycles. The van der Waals surface area contributed by atoms with E-state index < -0.39 is 22.6 Å². The minimum absolute atomic E-state index is 0.0114. The second-order valence-corrected chi connectivity index (χ2v) is 9.95. The molecule has 10 heteroatoms. The van der Waals surface area contributed by atoms with Crippen molar-refractivity contribution in [2.45, 2.75) is 43.0 Å². The van der Waals surface area contributed by atoms with Crippen molar-refractivity contribution in [1.29, 1.82) is 0 Å². The Bertz CT molecular complexity index is 1150. The summed E-state index contributed by atoms with van der Waals surface area (Å²) < 4.78 is 43.5. The molecular formula is C24H28N2O7S.